The number of hydrogen-bond acceptors (Lipinski definition) is 7. The van der Waals surface area contributed by atoms with Crippen LogP contribution in [-0.4, -0.2) is 28.2 Å². The third-order valence-corrected chi connectivity index (χ3v) is 2.93. The van der Waals surface area contributed by atoms with E-state index in [2.05, 4.69) is 16.2 Å². The van der Waals surface area contributed by atoms with Gasteiger partial charge >= 0.3 is 0 Å². The molecular weight excluding hydrogens is 334 g/mol. The number of likely N-dealkylation sites (N-methyl/N-ethyl adjacent to an activating group) is 1. The van der Waals surface area contributed by atoms with Crippen molar-refractivity contribution in [1.82, 2.24) is 16.2 Å². The Labute approximate surface area is 142 Å². The molecule has 0 aromatic heterocycles. The zero-order valence-corrected chi connectivity index (χ0v) is 13.6. The van der Waals surface area contributed by atoms with Crippen LogP contribution in [0.4, 0.5) is 11.4 Å². The van der Waals surface area contributed by atoms with Gasteiger partial charge in [-0.1, -0.05) is 0 Å². The summed E-state index contributed by atoms with van der Waals surface area (Å²) in [5, 5.41) is 24.2. The number of amides is 2. The van der Waals surface area contributed by atoms with Crippen molar-refractivity contribution in [3.8, 4) is 0 Å². The van der Waals surface area contributed by atoms with Crippen molar-refractivity contribution >= 4 is 23.2 Å². The summed E-state index contributed by atoms with van der Waals surface area (Å²) >= 11 is 0. The molecule has 1 aromatic carbocycles. The molecule has 0 saturated heterocycles. The van der Waals surface area contributed by atoms with E-state index in [1.807, 2.05) is 0 Å². The van der Waals surface area contributed by atoms with Crippen LogP contribution in [0, 0.1) is 20.2 Å². The number of carbonyl (C=O) groups is 2. The van der Waals surface area contributed by atoms with Crippen molar-refractivity contribution in [2.75, 3.05) is 6.54 Å². The Bertz CT molecular complexity index is 730. The molecule has 0 radical (unpaired) electrons. The first-order valence-electron chi connectivity index (χ1n) is 7.17. The number of nitro groups is 2. The second-order valence-corrected chi connectivity index (χ2v) is 4.90. The number of benzene rings is 1. The second kappa shape index (κ2) is 8.96. The molecule has 11 heteroatoms. The number of rotatable bonds is 8. The highest BCUT2D eigenvalue weighted by Crippen LogP contribution is 2.24. The maximum absolute atomic E-state index is 11.9. The minimum Gasteiger partial charge on any atom is -0.353 e. The molecule has 3 N–H and O–H groups in total. The molecule has 1 aromatic rings. The van der Waals surface area contributed by atoms with Crippen molar-refractivity contribution in [2.24, 2.45) is 0 Å². The molecule has 0 saturated carbocycles. The van der Waals surface area contributed by atoms with Gasteiger partial charge in [-0.15, -0.1) is 0 Å². The fraction of sp³-hybridized carbons (Fsp3) is 0.286. The molecule has 11 nitrogen and oxygen atoms in total. The predicted molar refractivity (Wildman–Crippen MR) is 87.2 cm³/mol. The van der Waals surface area contributed by atoms with Crippen LogP contribution in [-0.2, 0) is 16.0 Å². The Kier molecular flexibility index (Phi) is 7.00. The molecule has 0 atom stereocenters. The van der Waals surface area contributed by atoms with E-state index in [-0.39, 0.29) is 17.9 Å². The Hall–Kier alpha value is -3.50. The van der Waals surface area contributed by atoms with Gasteiger partial charge in [-0.2, -0.15) is 0 Å². The van der Waals surface area contributed by atoms with Gasteiger partial charge in [0.15, 0.2) is 0 Å². The number of allylic oxidation sites excluding steroid dienone is 1. The van der Waals surface area contributed by atoms with Crippen LogP contribution in [0.5, 0.6) is 0 Å². The second-order valence-electron chi connectivity index (χ2n) is 4.90. The summed E-state index contributed by atoms with van der Waals surface area (Å²) in [7, 11) is 0. The van der Waals surface area contributed by atoms with Crippen molar-refractivity contribution in [1.29, 1.82) is 0 Å². The van der Waals surface area contributed by atoms with Crippen LogP contribution in [0.2, 0.25) is 0 Å². The van der Waals surface area contributed by atoms with E-state index >= 15 is 0 Å². The number of non-ortho nitro benzene ring substituents is 1. The fourth-order valence-corrected chi connectivity index (χ4v) is 1.83. The Balaban J connectivity index is 2.76. The average molecular weight is 351 g/mol. The minimum absolute atomic E-state index is 0.0280. The smallest absolute Gasteiger partial charge is 0.279 e. The van der Waals surface area contributed by atoms with Gasteiger partial charge in [0.05, 0.1) is 22.3 Å². The Morgan fingerprint density at radius 2 is 1.84 bits per heavy atom. The van der Waals surface area contributed by atoms with E-state index in [0.29, 0.717) is 12.2 Å². The third-order valence-electron chi connectivity index (χ3n) is 2.93. The molecule has 1 rings (SSSR count). The van der Waals surface area contributed by atoms with Gasteiger partial charge in [0.2, 0.25) is 11.8 Å². The number of hydrogen-bond donors (Lipinski definition) is 3. The quantitative estimate of drug-likeness (QED) is 0.353. The van der Waals surface area contributed by atoms with Gasteiger partial charge in [-0.25, -0.2) is 0 Å². The monoisotopic (exact) mass is 351 g/mol. The summed E-state index contributed by atoms with van der Waals surface area (Å²) in [6.07, 6.45) is 0.869. The predicted octanol–water partition coefficient (Wildman–Crippen LogP) is 0.706. The number of nitrogens with one attached hydrogen (secondary N) is 3. The van der Waals surface area contributed by atoms with E-state index in [0.717, 1.165) is 18.2 Å². The molecule has 0 fully saturated rings. The van der Waals surface area contributed by atoms with Crippen LogP contribution in [0.15, 0.2) is 30.0 Å². The molecule has 0 spiro atoms. The van der Waals surface area contributed by atoms with Gasteiger partial charge < -0.3 is 10.7 Å². The van der Waals surface area contributed by atoms with E-state index in [4.69, 9.17) is 0 Å². The first kappa shape index (κ1) is 19.5. The van der Waals surface area contributed by atoms with Gasteiger partial charge in [0, 0.05) is 29.9 Å². The fourth-order valence-electron chi connectivity index (χ4n) is 1.83. The molecule has 0 aliphatic heterocycles. The highest BCUT2D eigenvalue weighted by atomic mass is 16.6. The van der Waals surface area contributed by atoms with Crippen molar-refractivity contribution in [3.63, 3.8) is 0 Å². The zero-order chi connectivity index (χ0) is 19.0. The first-order valence-corrected chi connectivity index (χ1v) is 7.17. The third kappa shape index (κ3) is 6.25. The lowest BCUT2D eigenvalue weighted by molar-refractivity contribution is -0.394. The SMILES string of the molecule is CCNC(=O)C=C(C)NNC(=O)Cc1ccc([N+](=O)[O-])cc1[N+](=O)[O-]. The van der Waals surface area contributed by atoms with Gasteiger partial charge in [-0.05, 0) is 19.9 Å². The lowest BCUT2D eigenvalue weighted by Crippen LogP contribution is -2.37. The van der Waals surface area contributed by atoms with Gasteiger partial charge in [-0.3, -0.25) is 35.2 Å². The van der Waals surface area contributed by atoms with Crippen LogP contribution in [0.3, 0.4) is 0 Å². The highest BCUT2D eigenvalue weighted by molar-refractivity contribution is 5.88. The molecule has 25 heavy (non-hydrogen) atoms. The number of carbonyl (C=O) groups excluding carboxylic acids is 2. The topological polar surface area (TPSA) is 157 Å². The van der Waals surface area contributed by atoms with E-state index in [1.54, 1.807) is 13.8 Å². The minimum atomic E-state index is -0.788. The summed E-state index contributed by atoms with van der Waals surface area (Å²) in [6, 6.07) is 3.05. The molecule has 0 aliphatic carbocycles. The highest BCUT2D eigenvalue weighted by Gasteiger charge is 2.21. The van der Waals surface area contributed by atoms with Crippen molar-refractivity contribution < 1.29 is 19.4 Å². The van der Waals surface area contributed by atoms with Crippen molar-refractivity contribution in [2.45, 2.75) is 20.3 Å². The molecule has 2 amide bonds. The summed E-state index contributed by atoms with van der Waals surface area (Å²) < 4.78 is 0. The largest absolute Gasteiger partial charge is 0.353 e. The molecule has 0 aliphatic rings. The molecule has 0 unspecified atom stereocenters. The maximum atomic E-state index is 11.9. The van der Waals surface area contributed by atoms with Gasteiger partial charge in [0.25, 0.3) is 11.4 Å². The summed E-state index contributed by atoms with van der Waals surface area (Å²) in [6.45, 7) is 3.76. The van der Waals surface area contributed by atoms with E-state index < -0.39 is 27.1 Å². The number of hydrazine groups is 1. The Morgan fingerprint density at radius 1 is 1.16 bits per heavy atom. The maximum Gasteiger partial charge on any atom is 0.279 e. The molecular formula is C14H17N5O6. The van der Waals surface area contributed by atoms with Crippen molar-refractivity contribution in [3.05, 3.63) is 55.8 Å². The van der Waals surface area contributed by atoms with Gasteiger partial charge in [0.1, 0.15) is 0 Å². The average Bonchev–Trinajstić information content (AvgIpc) is 2.53. The normalized spacial score (nSPS) is 10.7. The number of nitrogens with zero attached hydrogens (tertiary/aromatic N) is 2. The first-order chi connectivity index (χ1) is 11.7. The number of nitro benzene ring substituents is 2. The van der Waals surface area contributed by atoms with E-state index in [1.165, 1.54) is 6.08 Å². The lowest BCUT2D eigenvalue weighted by Gasteiger charge is -2.09. The molecule has 134 valence electrons. The van der Waals surface area contributed by atoms with Crippen LogP contribution in [0.25, 0.3) is 0 Å². The summed E-state index contributed by atoms with van der Waals surface area (Å²) in [5.74, 6) is -0.951. The molecule has 0 bridgehead atoms. The summed E-state index contributed by atoms with van der Waals surface area (Å²) in [4.78, 5) is 43.3. The van der Waals surface area contributed by atoms with E-state index in [9.17, 15) is 29.8 Å². The Morgan fingerprint density at radius 3 is 2.40 bits per heavy atom. The van der Waals surface area contributed by atoms with Crippen LogP contribution >= 0.6 is 0 Å². The standard InChI is InChI=1S/C14H17N5O6/c1-3-15-13(20)6-9(2)16-17-14(21)7-10-4-5-11(18(22)23)8-12(10)19(24)25/h4-6,8,16H,3,7H2,1-2H3,(H,15,20)(H,17,21). The van der Waals surface area contributed by atoms with Crippen LogP contribution < -0.4 is 16.2 Å². The van der Waals surface area contributed by atoms with Crippen LogP contribution in [0.1, 0.15) is 19.4 Å². The summed E-state index contributed by atoms with van der Waals surface area (Å²) in [5.41, 5.74) is 4.22. The zero-order valence-electron chi connectivity index (χ0n) is 13.6. The molecule has 0 heterocycles. The lowest BCUT2D eigenvalue weighted by atomic mass is 10.1.